The largest absolute Gasteiger partial charge is 0.402 e. The molecule has 16 heavy (non-hydrogen) atoms. The lowest BCUT2D eigenvalue weighted by molar-refractivity contribution is 0.818. The third-order valence-electron chi connectivity index (χ3n) is 2.90. The smallest absolute Gasteiger partial charge is 0.0502 e. The second-order valence-electron chi connectivity index (χ2n) is 4.39. The summed E-state index contributed by atoms with van der Waals surface area (Å²) in [5.74, 6) is 0. The van der Waals surface area contributed by atoms with Gasteiger partial charge in [0.15, 0.2) is 0 Å². The summed E-state index contributed by atoms with van der Waals surface area (Å²) in [5.41, 5.74) is 10.5. The number of anilines is 1. The van der Waals surface area contributed by atoms with E-state index in [1.807, 2.05) is 0 Å². The Bertz CT molecular complexity index is 444. The lowest BCUT2D eigenvalue weighted by atomic mass is 10.0. The molecule has 1 aliphatic rings. The van der Waals surface area contributed by atoms with Crippen molar-refractivity contribution in [3.05, 3.63) is 53.3 Å². The van der Waals surface area contributed by atoms with E-state index in [2.05, 4.69) is 55.6 Å². The molecule has 0 amide bonds. The predicted octanol–water partition coefficient (Wildman–Crippen LogP) is 2.97. The molecule has 1 aromatic carbocycles. The summed E-state index contributed by atoms with van der Waals surface area (Å²) in [6.45, 7) is 4.15. The fourth-order valence-electron chi connectivity index (χ4n) is 1.88. The quantitative estimate of drug-likeness (QED) is 0.794. The van der Waals surface area contributed by atoms with Crippen LogP contribution in [0.25, 0.3) is 0 Å². The molecule has 0 radical (unpaired) electrons. The number of benzene rings is 1. The van der Waals surface area contributed by atoms with Crippen molar-refractivity contribution < 1.29 is 0 Å². The average molecular weight is 214 g/mol. The summed E-state index contributed by atoms with van der Waals surface area (Å²) >= 11 is 0. The molecule has 0 aromatic heterocycles. The molecule has 0 saturated heterocycles. The number of nitrogens with one attached hydrogen (secondary N) is 1. The van der Waals surface area contributed by atoms with Crippen molar-refractivity contribution in [1.29, 1.82) is 0 Å². The summed E-state index contributed by atoms with van der Waals surface area (Å²) in [6.07, 6.45) is 5.15. The van der Waals surface area contributed by atoms with E-state index in [0.29, 0.717) is 6.04 Å². The first-order chi connectivity index (χ1) is 7.65. The number of hydrogen-bond acceptors (Lipinski definition) is 2. The van der Waals surface area contributed by atoms with Gasteiger partial charge in [-0.25, -0.2) is 0 Å². The first kappa shape index (κ1) is 10.8. The summed E-state index contributed by atoms with van der Waals surface area (Å²) < 4.78 is 0. The van der Waals surface area contributed by atoms with Crippen LogP contribution in [0, 0.1) is 6.92 Å². The van der Waals surface area contributed by atoms with E-state index in [-0.39, 0.29) is 0 Å². The zero-order valence-electron chi connectivity index (χ0n) is 9.83. The Kier molecular flexibility index (Phi) is 3.00. The van der Waals surface area contributed by atoms with Gasteiger partial charge in [0.2, 0.25) is 0 Å². The van der Waals surface area contributed by atoms with Gasteiger partial charge in [0.05, 0.1) is 6.04 Å². The van der Waals surface area contributed by atoms with Gasteiger partial charge in [-0.1, -0.05) is 24.3 Å². The van der Waals surface area contributed by atoms with Gasteiger partial charge in [0.25, 0.3) is 0 Å². The number of rotatable bonds is 2. The Hall–Kier alpha value is -1.70. The van der Waals surface area contributed by atoms with Gasteiger partial charge in [-0.2, -0.15) is 0 Å². The highest BCUT2D eigenvalue weighted by molar-refractivity contribution is 5.48. The minimum Gasteiger partial charge on any atom is -0.402 e. The standard InChI is InChI=1S/C14H18N2/c1-10-4-3-5-12(8-10)16-13-7-6-11(2)14(15)9-13/h3-8,13,16H,9,15H2,1-2H3. The molecular formula is C14H18N2. The molecule has 2 rings (SSSR count). The Balaban J connectivity index is 2.05. The Morgan fingerprint density at radius 2 is 2.12 bits per heavy atom. The van der Waals surface area contributed by atoms with Crippen molar-refractivity contribution in [2.45, 2.75) is 26.3 Å². The Labute approximate surface area is 96.9 Å². The SMILES string of the molecule is CC1=C(N)CC(Nc2cccc(C)c2)C=C1. The fourth-order valence-corrected chi connectivity index (χ4v) is 1.88. The van der Waals surface area contributed by atoms with Gasteiger partial charge in [-0.05, 0) is 37.1 Å². The molecule has 1 unspecified atom stereocenters. The maximum atomic E-state index is 5.94. The Morgan fingerprint density at radius 1 is 1.31 bits per heavy atom. The van der Waals surface area contributed by atoms with Gasteiger partial charge in [0.1, 0.15) is 0 Å². The monoisotopic (exact) mass is 214 g/mol. The van der Waals surface area contributed by atoms with Crippen LogP contribution in [0.5, 0.6) is 0 Å². The molecule has 1 aromatic rings. The second kappa shape index (κ2) is 4.44. The molecule has 84 valence electrons. The number of nitrogens with two attached hydrogens (primary N) is 1. The van der Waals surface area contributed by atoms with Crippen molar-refractivity contribution in [2.24, 2.45) is 5.73 Å². The predicted molar refractivity (Wildman–Crippen MR) is 69.2 cm³/mol. The van der Waals surface area contributed by atoms with Crippen LogP contribution in [0.2, 0.25) is 0 Å². The first-order valence-corrected chi connectivity index (χ1v) is 5.62. The fraction of sp³-hybridized carbons (Fsp3) is 0.286. The minimum absolute atomic E-state index is 0.311. The maximum absolute atomic E-state index is 5.94. The van der Waals surface area contributed by atoms with Gasteiger partial charge in [-0.15, -0.1) is 0 Å². The van der Waals surface area contributed by atoms with Crippen LogP contribution in [0.1, 0.15) is 18.9 Å². The number of allylic oxidation sites excluding steroid dienone is 2. The minimum atomic E-state index is 0.311. The summed E-state index contributed by atoms with van der Waals surface area (Å²) in [7, 11) is 0. The van der Waals surface area contributed by atoms with Crippen LogP contribution in [0.4, 0.5) is 5.69 Å². The molecular weight excluding hydrogens is 196 g/mol. The summed E-state index contributed by atoms with van der Waals surface area (Å²) in [5, 5.41) is 3.47. The maximum Gasteiger partial charge on any atom is 0.0502 e. The van der Waals surface area contributed by atoms with Crippen molar-refractivity contribution >= 4 is 5.69 Å². The van der Waals surface area contributed by atoms with Gasteiger partial charge >= 0.3 is 0 Å². The highest BCUT2D eigenvalue weighted by Gasteiger charge is 2.11. The van der Waals surface area contributed by atoms with Gasteiger partial charge < -0.3 is 11.1 Å². The van der Waals surface area contributed by atoms with E-state index in [1.54, 1.807) is 0 Å². The lowest BCUT2D eigenvalue weighted by Crippen LogP contribution is -2.22. The summed E-state index contributed by atoms with van der Waals surface area (Å²) in [6, 6.07) is 8.71. The zero-order valence-corrected chi connectivity index (χ0v) is 9.83. The molecule has 0 heterocycles. The molecule has 0 aliphatic heterocycles. The molecule has 3 N–H and O–H groups in total. The molecule has 0 bridgehead atoms. The van der Waals surface area contributed by atoms with Crippen molar-refractivity contribution in [3.63, 3.8) is 0 Å². The second-order valence-corrected chi connectivity index (χ2v) is 4.39. The number of hydrogen-bond donors (Lipinski definition) is 2. The van der Waals surface area contributed by atoms with E-state index in [1.165, 1.54) is 11.1 Å². The van der Waals surface area contributed by atoms with Crippen LogP contribution in [0.3, 0.4) is 0 Å². The number of aryl methyl sites for hydroxylation is 1. The molecule has 1 aliphatic carbocycles. The van der Waals surface area contributed by atoms with Crippen LogP contribution < -0.4 is 11.1 Å². The Morgan fingerprint density at radius 3 is 2.81 bits per heavy atom. The molecule has 2 heteroatoms. The van der Waals surface area contributed by atoms with Crippen LogP contribution >= 0.6 is 0 Å². The lowest BCUT2D eigenvalue weighted by Gasteiger charge is -2.21. The molecule has 2 nitrogen and oxygen atoms in total. The van der Waals surface area contributed by atoms with E-state index in [4.69, 9.17) is 5.73 Å². The highest BCUT2D eigenvalue weighted by Crippen LogP contribution is 2.19. The zero-order chi connectivity index (χ0) is 11.5. The molecule has 0 fully saturated rings. The van der Waals surface area contributed by atoms with E-state index < -0.39 is 0 Å². The van der Waals surface area contributed by atoms with Crippen molar-refractivity contribution in [2.75, 3.05) is 5.32 Å². The van der Waals surface area contributed by atoms with Gasteiger partial charge in [-0.3, -0.25) is 0 Å². The van der Waals surface area contributed by atoms with Crippen LogP contribution in [0.15, 0.2) is 47.7 Å². The summed E-state index contributed by atoms with van der Waals surface area (Å²) in [4.78, 5) is 0. The van der Waals surface area contributed by atoms with Crippen molar-refractivity contribution in [3.8, 4) is 0 Å². The average Bonchev–Trinajstić information content (AvgIpc) is 2.24. The third-order valence-corrected chi connectivity index (χ3v) is 2.90. The van der Waals surface area contributed by atoms with E-state index >= 15 is 0 Å². The molecule has 1 atom stereocenters. The van der Waals surface area contributed by atoms with Crippen LogP contribution in [-0.2, 0) is 0 Å². The van der Waals surface area contributed by atoms with Crippen LogP contribution in [-0.4, -0.2) is 6.04 Å². The van der Waals surface area contributed by atoms with Gasteiger partial charge in [0, 0.05) is 17.8 Å². The van der Waals surface area contributed by atoms with Crippen molar-refractivity contribution in [1.82, 2.24) is 0 Å². The third kappa shape index (κ3) is 2.45. The van der Waals surface area contributed by atoms with E-state index in [0.717, 1.165) is 17.8 Å². The molecule has 0 saturated carbocycles. The topological polar surface area (TPSA) is 38.0 Å². The van der Waals surface area contributed by atoms with E-state index in [9.17, 15) is 0 Å². The normalized spacial score (nSPS) is 20.0. The first-order valence-electron chi connectivity index (χ1n) is 5.62. The molecule has 0 spiro atoms. The highest BCUT2D eigenvalue weighted by atomic mass is 14.9.